The number of nitrogens with two attached hydrogens (primary N) is 1. The third kappa shape index (κ3) is 3.51. The molecule has 1 aliphatic heterocycles. The van der Waals surface area contributed by atoms with E-state index in [1.807, 2.05) is 12.1 Å². The van der Waals surface area contributed by atoms with E-state index in [2.05, 4.69) is 37.0 Å². The molecule has 0 radical (unpaired) electrons. The van der Waals surface area contributed by atoms with Gasteiger partial charge in [0.15, 0.2) is 0 Å². The molecule has 0 saturated carbocycles. The highest BCUT2D eigenvalue weighted by molar-refractivity contribution is 5.39. The van der Waals surface area contributed by atoms with Gasteiger partial charge >= 0.3 is 0 Å². The molecule has 0 amide bonds. The number of benzene rings is 1. The predicted octanol–water partition coefficient (Wildman–Crippen LogP) is 1.45. The average Bonchev–Trinajstić information content (AvgIpc) is 2.79. The molecular weight excluding hydrogens is 250 g/mol. The molecule has 1 aromatic rings. The smallest absolute Gasteiger partial charge is 0.120 e. The lowest BCUT2D eigenvalue weighted by atomic mass is 9.96. The zero-order chi connectivity index (χ0) is 14.7. The van der Waals surface area contributed by atoms with Crippen LogP contribution in [0, 0.1) is 5.92 Å². The van der Waals surface area contributed by atoms with Crippen molar-refractivity contribution in [2.45, 2.75) is 18.9 Å². The molecule has 2 unspecified atom stereocenters. The van der Waals surface area contributed by atoms with Crippen molar-refractivity contribution < 1.29 is 5.11 Å². The van der Waals surface area contributed by atoms with Crippen LogP contribution in [0.25, 0.3) is 0 Å². The summed E-state index contributed by atoms with van der Waals surface area (Å²) in [6, 6.07) is 6.32. The summed E-state index contributed by atoms with van der Waals surface area (Å²) >= 11 is 0. The van der Waals surface area contributed by atoms with Gasteiger partial charge in [-0.2, -0.15) is 0 Å². The molecule has 2 rings (SSSR count). The van der Waals surface area contributed by atoms with E-state index in [1.165, 1.54) is 5.56 Å². The van der Waals surface area contributed by atoms with E-state index < -0.39 is 0 Å². The fraction of sp³-hybridized carbons (Fsp3) is 0.625. The Morgan fingerprint density at radius 1 is 1.40 bits per heavy atom. The van der Waals surface area contributed by atoms with Crippen LogP contribution in [0.5, 0.6) is 5.75 Å². The highest BCUT2D eigenvalue weighted by Gasteiger charge is 2.31. The average molecular weight is 277 g/mol. The standard InChI is InChI=1S/C16H27N3O/c1-18(2)7-6-12-4-5-16(20)14(8-12)15-9-13(10-17)11-19(15)3/h4-5,8,13,15,20H,6-7,9-11,17H2,1-3H3. The first-order chi connectivity index (χ1) is 9.51. The maximum atomic E-state index is 10.2. The number of hydrogen-bond donors (Lipinski definition) is 2. The number of likely N-dealkylation sites (N-methyl/N-ethyl adjacent to an activating group) is 1. The van der Waals surface area contributed by atoms with Gasteiger partial charge in [0.1, 0.15) is 5.75 Å². The van der Waals surface area contributed by atoms with Crippen LogP contribution in [-0.4, -0.2) is 55.7 Å². The minimum atomic E-state index is 0.294. The predicted molar refractivity (Wildman–Crippen MR) is 82.9 cm³/mol. The molecule has 2 atom stereocenters. The molecule has 1 fully saturated rings. The van der Waals surface area contributed by atoms with Gasteiger partial charge in [-0.15, -0.1) is 0 Å². The Labute approximate surface area is 122 Å². The zero-order valence-corrected chi connectivity index (χ0v) is 12.8. The Bertz CT molecular complexity index is 447. The first-order valence-corrected chi connectivity index (χ1v) is 7.38. The number of phenolic OH excluding ortho intramolecular Hbond substituents is 1. The van der Waals surface area contributed by atoms with E-state index in [-0.39, 0.29) is 0 Å². The molecule has 0 aliphatic carbocycles. The molecule has 3 N–H and O–H groups in total. The number of aromatic hydroxyl groups is 1. The summed E-state index contributed by atoms with van der Waals surface area (Å²) < 4.78 is 0. The fourth-order valence-electron chi connectivity index (χ4n) is 3.02. The van der Waals surface area contributed by atoms with Gasteiger partial charge in [-0.1, -0.05) is 12.1 Å². The summed E-state index contributed by atoms with van der Waals surface area (Å²) in [5, 5.41) is 10.2. The van der Waals surface area contributed by atoms with Crippen molar-refractivity contribution in [1.29, 1.82) is 0 Å². The molecule has 1 aromatic carbocycles. The summed E-state index contributed by atoms with van der Waals surface area (Å²) in [5.74, 6) is 0.947. The second-order valence-electron chi connectivity index (χ2n) is 6.24. The van der Waals surface area contributed by atoms with Gasteiger partial charge in [0.25, 0.3) is 0 Å². The second kappa shape index (κ2) is 6.57. The van der Waals surface area contributed by atoms with Crippen LogP contribution in [0.2, 0.25) is 0 Å². The summed E-state index contributed by atoms with van der Waals surface area (Å²) in [6.07, 6.45) is 2.05. The number of rotatable bonds is 5. The van der Waals surface area contributed by atoms with Gasteiger partial charge in [-0.05, 0) is 58.1 Å². The normalized spacial score (nSPS) is 23.6. The summed E-state index contributed by atoms with van der Waals surface area (Å²) in [5.41, 5.74) is 8.13. The van der Waals surface area contributed by atoms with Crippen molar-refractivity contribution in [3.63, 3.8) is 0 Å². The molecule has 4 nitrogen and oxygen atoms in total. The fourth-order valence-corrected chi connectivity index (χ4v) is 3.02. The van der Waals surface area contributed by atoms with E-state index >= 15 is 0 Å². The Hall–Kier alpha value is -1.10. The van der Waals surface area contributed by atoms with E-state index in [9.17, 15) is 5.11 Å². The minimum absolute atomic E-state index is 0.294. The van der Waals surface area contributed by atoms with Crippen molar-refractivity contribution in [3.8, 4) is 5.75 Å². The summed E-state index contributed by atoms with van der Waals surface area (Å²) in [4.78, 5) is 4.49. The van der Waals surface area contributed by atoms with Gasteiger partial charge in [-0.25, -0.2) is 0 Å². The largest absolute Gasteiger partial charge is 0.508 e. The second-order valence-corrected chi connectivity index (χ2v) is 6.24. The van der Waals surface area contributed by atoms with Crippen molar-refractivity contribution in [3.05, 3.63) is 29.3 Å². The van der Waals surface area contributed by atoms with E-state index in [1.54, 1.807) is 0 Å². The minimum Gasteiger partial charge on any atom is -0.508 e. The Morgan fingerprint density at radius 3 is 2.75 bits per heavy atom. The lowest BCUT2D eigenvalue weighted by Gasteiger charge is -2.21. The van der Waals surface area contributed by atoms with Crippen LogP contribution >= 0.6 is 0 Å². The first kappa shape index (κ1) is 15.3. The molecule has 20 heavy (non-hydrogen) atoms. The first-order valence-electron chi connectivity index (χ1n) is 7.38. The number of nitrogens with zero attached hydrogens (tertiary/aromatic N) is 2. The lowest BCUT2D eigenvalue weighted by Crippen LogP contribution is -2.20. The van der Waals surface area contributed by atoms with Crippen LogP contribution in [0.15, 0.2) is 18.2 Å². The third-order valence-electron chi connectivity index (χ3n) is 4.27. The quantitative estimate of drug-likeness (QED) is 0.855. The van der Waals surface area contributed by atoms with E-state index in [0.29, 0.717) is 17.7 Å². The van der Waals surface area contributed by atoms with Gasteiger partial charge in [0, 0.05) is 24.7 Å². The molecule has 1 heterocycles. The van der Waals surface area contributed by atoms with Gasteiger partial charge in [-0.3, -0.25) is 4.90 Å². The van der Waals surface area contributed by atoms with Crippen LogP contribution in [-0.2, 0) is 6.42 Å². The molecule has 112 valence electrons. The highest BCUT2D eigenvalue weighted by atomic mass is 16.3. The molecular formula is C16H27N3O. The molecule has 1 aliphatic rings. The topological polar surface area (TPSA) is 52.7 Å². The summed E-state index contributed by atoms with van der Waals surface area (Å²) in [7, 11) is 6.28. The molecule has 1 saturated heterocycles. The van der Waals surface area contributed by atoms with Crippen molar-refractivity contribution in [1.82, 2.24) is 9.80 Å². The van der Waals surface area contributed by atoms with Gasteiger partial charge < -0.3 is 15.7 Å². The molecule has 0 bridgehead atoms. The van der Waals surface area contributed by atoms with Crippen molar-refractivity contribution in [2.75, 3.05) is 40.8 Å². The lowest BCUT2D eigenvalue weighted by molar-refractivity contribution is 0.305. The van der Waals surface area contributed by atoms with Gasteiger partial charge in [0.2, 0.25) is 0 Å². The summed E-state index contributed by atoms with van der Waals surface area (Å²) in [6.45, 7) is 2.76. The Kier molecular flexibility index (Phi) is 5.02. The number of hydrogen-bond acceptors (Lipinski definition) is 4. The third-order valence-corrected chi connectivity index (χ3v) is 4.27. The van der Waals surface area contributed by atoms with Crippen molar-refractivity contribution >= 4 is 0 Å². The van der Waals surface area contributed by atoms with Crippen LogP contribution in [0.4, 0.5) is 0 Å². The van der Waals surface area contributed by atoms with E-state index in [0.717, 1.165) is 38.0 Å². The maximum Gasteiger partial charge on any atom is 0.120 e. The van der Waals surface area contributed by atoms with Crippen LogP contribution < -0.4 is 5.73 Å². The highest BCUT2D eigenvalue weighted by Crippen LogP contribution is 2.38. The van der Waals surface area contributed by atoms with Crippen LogP contribution in [0.3, 0.4) is 0 Å². The molecule has 4 heteroatoms. The molecule has 0 spiro atoms. The Balaban J connectivity index is 2.16. The van der Waals surface area contributed by atoms with Crippen molar-refractivity contribution in [2.24, 2.45) is 11.7 Å². The Morgan fingerprint density at radius 2 is 2.15 bits per heavy atom. The monoisotopic (exact) mass is 277 g/mol. The zero-order valence-electron chi connectivity index (χ0n) is 12.8. The SMILES string of the molecule is CN(C)CCc1ccc(O)c(C2CC(CN)CN2C)c1. The van der Waals surface area contributed by atoms with Crippen LogP contribution in [0.1, 0.15) is 23.6 Å². The number of phenols is 1. The van der Waals surface area contributed by atoms with E-state index in [4.69, 9.17) is 5.73 Å². The maximum absolute atomic E-state index is 10.2. The number of likely N-dealkylation sites (tertiary alicyclic amines) is 1. The molecule has 0 aromatic heterocycles. The van der Waals surface area contributed by atoms with Gasteiger partial charge in [0.05, 0.1) is 0 Å².